The quantitative estimate of drug-likeness (QED) is 0.813. The SMILES string of the molecule is CCCC1CCCC(O)(Cc2ncnn2CCC)CC1. The van der Waals surface area contributed by atoms with E-state index in [9.17, 15) is 5.11 Å². The fraction of sp³-hybridized carbons (Fsp3) is 0.875. The lowest BCUT2D eigenvalue weighted by Gasteiger charge is -2.26. The van der Waals surface area contributed by atoms with E-state index in [1.54, 1.807) is 6.33 Å². The Morgan fingerprint density at radius 3 is 2.90 bits per heavy atom. The van der Waals surface area contributed by atoms with Crippen molar-refractivity contribution in [3.8, 4) is 0 Å². The van der Waals surface area contributed by atoms with Crippen LogP contribution in [-0.4, -0.2) is 25.5 Å². The Balaban J connectivity index is 1.98. The van der Waals surface area contributed by atoms with Crippen LogP contribution >= 0.6 is 0 Å². The Morgan fingerprint density at radius 1 is 1.30 bits per heavy atom. The number of aromatic nitrogens is 3. The molecule has 1 aliphatic rings. The third-order valence-corrected chi connectivity index (χ3v) is 4.59. The van der Waals surface area contributed by atoms with Gasteiger partial charge in [0.25, 0.3) is 0 Å². The summed E-state index contributed by atoms with van der Waals surface area (Å²) in [6.07, 6.45) is 11.3. The topological polar surface area (TPSA) is 50.9 Å². The summed E-state index contributed by atoms with van der Waals surface area (Å²) in [6.45, 7) is 5.29. The Labute approximate surface area is 122 Å². The van der Waals surface area contributed by atoms with Crippen LogP contribution in [0.25, 0.3) is 0 Å². The van der Waals surface area contributed by atoms with Crippen LogP contribution < -0.4 is 0 Å². The van der Waals surface area contributed by atoms with Crippen molar-refractivity contribution in [2.24, 2.45) is 5.92 Å². The molecule has 4 nitrogen and oxygen atoms in total. The number of rotatable bonds is 6. The summed E-state index contributed by atoms with van der Waals surface area (Å²) in [5, 5.41) is 15.2. The highest BCUT2D eigenvalue weighted by atomic mass is 16.3. The van der Waals surface area contributed by atoms with Gasteiger partial charge in [-0.3, -0.25) is 4.68 Å². The van der Waals surface area contributed by atoms with E-state index in [1.807, 2.05) is 4.68 Å². The van der Waals surface area contributed by atoms with Gasteiger partial charge in [0.05, 0.1) is 5.60 Å². The molecular formula is C16H29N3O. The molecule has 1 fully saturated rings. The highest BCUT2D eigenvalue weighted by molar-refractivity contribution is 4.96. The maximum Gasteiger partial charge on any atom is 0.138 e. The van der Waals surface area contributed by atoms with Crippen LogP contribution in [-0.2, 0) is 13.0 Å². The Morgan fingerprint density at radius 2 is 2.15 bits per heavy atom. The first-order chi connectivity index (χ1) is 9.67. The van der Waals surface area contributed by atoms with Gasteiger partial charge >= 0.3 is 0 Å². The zero-order chi connectivity index (χ0) is 14.4. The van der Waals surface area contributed by atoms with E-state index in [-0.39, 0.29) is 0 Å². The van der Waals surface area contributed by atoms with E-state index in [1.165, 1.54) is 19.3 Å². The summed E-state index contributed by atoms with van der Waals surface area (Å²) in [4.78, 5) is 4.35. The van der Waals surface area contributed by atoms with E-state index in [4.69, 9.17) is 0 Å². The van der Waals surface area contributed by atoms with E-state index in [0.717, 1.165) is 50.4 Å². The summed E-state index contributed by atoms with van der Waals surface area (Å²) < 4.78 is 1.95. The van der Waals surface area contributed by atoms with Crippen LogP contribution in [0.4, 0.5) is 0 Å². The van der Waals surface area contributed by atoms with Crippen LogP contribution in [0.15, 0.2) is 6.33 Å². The minimum absolute atomic E-state index is 0.568. The summed E-state index contributed by atoms with van der Waals surface area (Å²) in [6, 6.07) is 0. The van der Waals surface area contributed by atoms with Crippen molar-refractivity contribution < 1.29 is 5.11 Å². The number of aliphatic hydroxyl groups is 1. The maximum atomic E-state index is 10.9. The Bertz CT molecular complexity index is 404. The van der Waals surface area contributed by atoms with Gasteiger partial charge in [0.15, 0.2) is 0 Å². The second kappa shape index (κ2) is 7.21. The van der Waals surface area contributed by atoms with Crippen molar-refractivity contribution in [3.05, 3.63) is 12.2 Å². The number of hydrogen-bond donors (Lipinski definition) is 1. The van der Waals surface area contributed by atoms with Crippen LogP contribution in [0.2, 0.25) is 0 Å². The van der Waals surface area contributed by atoms with E-state index in [0.29, 0.717) is 6.42 Å². The van der Waals surface area contributed by atoms with Gasteiger partial charge in [-0.15, -0.1) is 0 Å². The van der Waals surface area contributed by atoms with Crippen LogP contribution in [0.3, 0.4) is 0 Å². The number of hydrogen-bond acceptors (Lipinski definition) is 3. The molecule has 114 valence electrons. The summed E-state index contributed by atoms with van der Waals surface area (Å²) >= 11 is 0. The molecule has 0 saturated heterocycles. The first kappa shape index (κ1) is 15.5. The minimum Gasteiger partial charge on any atom is -0.389 e. The van der Waals surface area contributed by atoms with Crippen LogP contribution in [0, 0.1) is 5.92 Å². The third kappa shape index (κ3) is 4.05. The van der Waals surface area contributed by atoms with Gasteiger partial charge in [-0.05, 0) is 31.6 Å². The standard InChI is InChI=1S/C16H29N3O/c1-3-6-14-7-5-9-16(20,10-8-14)12-15-17-13-18-19(15)11-4-2/h13-14,20H,3-12H2,1-2H3. The molecule has 1 saturated carbocycles. The summed E-state index contributed by atoms with van der Waals surface area (Å²) in [7, 11) is 0. The second-order valence-corrected chi connectivity index (χ2v) is 6.39. The molecule has 2 atom stereocenters. The Kier molecular flexibility index (Phi) is 5.58. The zero-order valence-electron chi connectivity index (χ0n) is 13.0. The monoisotopic (exact) mass is 279 g/mol. The normalized spacial score (nSPS) is 27.4. The van der Waals surface area contributed by atoms with Crippen LogP contribution in [0.5, 0.6) is 0 Å². The van der Waals surface area contributed by atoms with Crippen molar-refractivity contribution in [2.45, 2.75) is 83.8 Å². The van der Waals surface area contributed by atoms with Gasteiger partial charge in [0, 0.05) is 13.0 Å². The molecule has 0 spiro atoms. The molecule has 2 unspecified atom stereocenters. The predicted molar refractivity (Wildman–Crippen MR) is 80.4 cm³/mol. The van der Waals surface area contributed by atoms with Crippen LogP contribution in [0.1, 0.15) is 71.0 Å². The molecule has 0 amide bonds. The molecule has 1 aromatic rings. The van der Waals surface area contributed by atoms with Crippen molar-refractivity contribution in [2.75, 3.05) is 0 Å². The van der Waals surface area contributed by atoms with Gasteiger partial charge in [-0.2, -0.15) is 5.10 Å². The minimum atomic E-state index is -0.568. The van der Waals surface area contributed by atoms with Gasteiger partial charge < -0.3 is 5.11 Å². The number of nitrogens with zero attached hydrogens (tertiary/aromatic N) is 3. The summed E-state index contributed by atoms with van der Waals surface area (Å²) in [5.74, 6) is 1.76. The van der Waals surface area contributed by atoms with E-state index >= 15 is 0 Å². The average molecular weight is 279 g/mol. The van der Waals surface area contributed by atoms with Crippen molar-refractivity contribution >= 4 is 0 Å². The highest BCUT2D eigenvalue weighted by Crippen LogP contribution is 2.34. The molecule has 1 heterocycles. The molecule has 0 aromatic carbocycles. The lowest BCUT2D eigenvalue weighted by molar-refractivity contribution is 0.0212. The first-order valence-electron chi connectivity index (χ1n) is 8.26. The lowest BCUT2D eigenvalue weighted by Crippen LogP contribution is -2.32. The van der Waals surface area contributed by atoms with Gasteiger partial charge in [-0.1, -0.05) is 39.5 Å². The first-order valence-corrected chi connectivity index (χ1v) is 8.26. The maximum absolute atomic E-state index is 10.9. The fourth-order valence-electron chi connectivity index (χ4n) is 3.45. The smallest absolute Gasteiger partial charge is 0.138 e. The molecule has 4 heteroatoms. The van der Waals surface area contributed by atoms with Gasteiger partial charge in [-0.25, -0.2) is 4.98 Å². The van der Waals surface area contributed by atoms with E-state index < -0.39 is 5.60 Å². The van der Waals surface area contributed by atoms with E-state index in [2.05, 4.69) is 23.9 Å². The molecule has 1 aliphatic carbocycles. The molecular weight excluding hydrogens is 250 g/mol. The van der Waals surface area contributed by atoms with Crippen molar-refractivity contribution in [3.63, 3.8) is 0 Å². The van der Waals surface area contributed by atoms with Gasteiger partial charge in [0.1, 0.15) is 12.2 Å². The summed E-state index contributed by atoms with van der Waals surface area (Å²) in [5.41, 5.74) is -0.568. The predicted octanol–water partition coefficient (Wildman–Crippen LogP) is 3.34. The zero-order valence-corrected chi connectivity index (χ0v) is 13.0. The van der Waals surface area contributed by atoms with Gasteiger partial charge in [0.2, 0.25) is 0 Å². The Hall–Kier alpha value is -0.900. The highest BCUT2D eigenvalue weighted by Gasteiger charge is 2.32. The average Bonchev–Trinajstić information content (AvgIpc) is 2.75. The molecule has 1 N–H and O–H groups in total. The molecule has 2 rings (SSSR count). The number of aryl methyl sites for hydroxylation is 1. The molecule has 0 bridgehead atoms. The molecule has 0 radical (unpaired) electrons. The lowest BCUT2D eigenvalue weighted by atomic mass is 9.89. The molecule has 20 heavy (non-hydrogen) atoms. The molecule has 0 aliphatic heterocycles. The molecule has 1 aromatic heterocycles. The largest absolute Gasteiger partial charge is 0.389 e. The second-order valence-electron chi connectivity index (χ2n) is 6.39. The van der Waals surface area contributed by atoms with Crippen molar-refractivity contribution in [1.29, 1.82) is 0 Å². The third-order valence-electron chi connectivity index (χ3n) is 4.59. The fourth-order valence-corrected chi connectivity index (χ4v) is 3.45. The van der Waals surface area contributed by atoms with Crippen molar-refractivity contribution in [1.82, 2.24) is 14.8 Å².